The number of nitro benzene ring substituents is 1. The molecule has 2 N–H and O–H groups in total. The third-order valence-corrected chi connectivity index (χ3v) is 2.88. The molecular formula is C14H19NO7. The molecule has 0 aliphatic carbocycles. The van der Waals surface area contributed by atoms with E-state index in [4.69, 9.17) is 9.47 Å². The number of ether oxygens (including phenoxy) is 2. The lowest BCUT2D eigenvalue weighted by atomic mass is 10.0. The molecule has 0 aromatic heterocycles. The monoisotopic (exact) mass is 313 g/mol. The van der Waals surface area contributed by atoms with Crippen LogP contribution in [0.1, 0.15) is 37.5 Å². The van der Waals surface area contributed by atoms with Gasteiger partial charge in [-0.25, -0.2) is 0 Å². The van der Waals surface area contributed by atoms with Crippen LogP contribution in [0.4, 0.5) is 5.69 Å². The van der Waals surface area contributed by atoms with Gasteiger partial charge in [0.1, 0.15) is 5.75 Å². The molecule has 1 aromatic carbocycles. The first-order valence-corrected chi connectivity index (χ1v) is 6.73. The van der Waals surface area contributed by atoms with Crippen molar-refractivity contribution in [2.45, 2.75) is 33.0 Å². The van der Waals surface area contributed by atoms with Crippen molar-refractivity contribution in [1.82, 2.24) is 0 Å². The molecule has 1 unspecified atom stereocenters. The Kier molecular flexibility index (Phi) is 6.74. The number of hydrogen-bond donors (Lipinski definition) is 2. The number of aliphatic hydroxyl groups is 2. The quantitative estimate of drug-likeness (QED) is 0.323. The lowest BCUT2D eigenvalue weighted by molar-refractivity contribution is -0.386. The molecule has 122 valence electrons. The van der Waals surface area contributed by atoms with Gasteiger partial charge < -0.3 is 19.7 Å². The average Bonchev–Trinajstić information content (AvgIpc) is 2.45. The Bertz CT molecular complexity index is 542. The van der Waals surface area contributed by atoms with Crippen LogP contribution in [-0.2, 0) is 16.1 Å². The molecular weight excluding hydrogens is 294 g/mol. The summed E-state index contributed by atoms with van der Waals surface area (Å²) in [5.41, 5.74) is 0.178. The predicted octanol–water partition coefficient (Wildman–Crippen LogP) is 1.47. The molecule has 0 saturated carbocycles. The normalized spacial score (nSPS) is 11.8. The second kappa shape index (κ2) is 8.30. The largest absolute Gasteiger partial charge is 0.493 e. The minimum Gasteiger partial charge on any atom is -0.493 e. The van der Waals surface area contributed by atoms with E-state index >= 15 is 0 Å². The van der Waals surface area contributed by atoms with Crippen LogP contribution in [-0.4, -0.2) is 34.3 Å². The van der Waals surface area contributed by atoms with E-state index in [1.165, 1.54) is 26.0 Å². The van der Waals surface area contributed by atoms with Crippen molar-refractivity contribution in [2.75, 3.05) is 13.2 Å². The highest BCUT2D eigenvalue weighted by molar-refractivity contribution is 5.65. The summed E-state index contributed by atoms with van der Waals surface area (Å²) in [6.07, 6.45) is -0.625. The van der Waals surface area contributed by atoms with Gasteiger partial charge >= 0.3 is 5.97 Å². The molecule has 0 heterocycles. The number of nitrogens with zero attached hydrogens (tertiary/aromatic N) is 1. The van der Waals surface area contributed by atoms with Crippen LogP contribution in [0.2, 0.25) is 0 Å². The molecule has 0 saturated heterocycles. The maximum absolute atomic E-state index is 11.0. The minimum absolute atomic E-state index is 0.112. The van der Waals surface area contributed by atoms with Crippen LogP contribution < -0.4 is 4.74 Å². The Balaban J connectivity index is 2.87. The van der Waals surface area contributed by atoms with Gasteiger partial charge in [-0.15, -0.1) is 0 Å². The first-order valence-electron chi connectivity index (χ1n) is 6.73. The second-order valence-electron chi connectivity index (χ2n) is 4.65. The number of aliphatic hydroxyl groups excluding tert-OH is 2. The van der Waals surface area contributed by atoms with E-state index in [1.807, 2.05) is 0 Å². The van der Waals surface area contributed by atoms with E-state index in [-0.39, 0.29) is 36.8 Å². The zero-order valence-electron chi connectivity index (χ0n) is 12.4. The van der Waals surface area contributed by atoms with Gasteiger partial charge in [-0.2, -0.15) is 0 Å². The molecule has 0 aliphatic rings. The van der Waals surface area contributed by atoms with Gasteiger partial charge in [0.05, 0.1) is 42.5 Å². The minimum atomic E-state index is -1.04. The third kappa shape index (κ3) is 4.97. The van der Waals surface area contributed by atoms with Gasteiger partial charge in [-0.3, -0.25) is 14.9 Å². The van der Waals surface area contributed by atoms with E-state index in [0.717, 1.165) is 0 Å². The van der Waals surface area contributed by atoms with Crippen molar-refractivity contribution >= 4 is 11.7 Å². The lowest BCUT2D eigenvalue weighted by Gasteiger charge is -2.13. The highest BCUT2D eigenvalue weighted by atomic mass is 16.6. The smallest absolute Gasteiger partial charge is 0.302 e. The second-order valence-corrected chi connectivity index (χ2v) is 4.65. The first-order chi connectivity index (χ1) is 10.4. The van der Waals surface area contributed by atoms with E-state index in [1.54, 1.807) is 0 Å². The highest BCUT2D eigenvalue weighted by Gasteiger charge is 2.21. The number of carbonyl (C=O) groups excluding carboxylic acids is 1. The maximum Gasteiger partial charge on any atom is 0.302 e. The fourth-order valence-electron chi connectivity index (χ4n) is 1.84. The Morgan fingerprint density at radius 2 is 2.09 bits per heavy atom. The standard InChI is InChI=1S/C14H19NO7/c1-9(17)12-6-11(8-16)14(7-13(12)15(19)20)22-5-3-4-21-10(2)18/h6-7,9,16-17H,3-5,8H2,1-2H3. The van der Waals surface area contributed by atoms with Crippen molar-refractivity contribution in [3.8, 4) is 5.75 Å². The van der Waals surface area contributed by atoms with Crippen LogP contribution in [0.3, 0.4) is 0 Å². The SMILES string of the molecule is CC(=O)OCCCOc1cc([N+](=O)[O-])c(C(C)O)cc1CO. The molecule has 8 nitrogen and oxygen atoms in total. The summed E-state index contributed by atoms with van der Waals surface area (Å²) in [5, 5.41) is 30.0. The van der Waals surface area contributed by atoms with Crippen LogP contribution >= 0.6 is 0 Å². The summed E-state index contributed by atoms with van der Waals surface area (Å²) in [6.45, 7) is 2.67. The summed E-state index contributed by atoms with van der Waals surface area (Å²) in [4.78, 5) is 21.0. The summed E-state index contributed by atoms with van der Waals surface area (Å²) in [7, 11) is 0. The number of carbonyl (C=O) groups is 1. The zero-order chi connectivity index (χ0) is 16.7. The zero-order valence-corrected chi connectivity index (χ0v) is 12.4. The van der Waals surface area contributed by atoms with Gasteiger partial charge in [-0.1, -0.05) is 0 Å². The Hall–Kier alpha value is -2.19. The molecule has 0 spiro atoms. The molecule has 0 radical (unpaired) electrons. The number of nitro groups is 1. The molecule has 8 heteroatoms. The van der Waals surface area contributed by atoms with Gasteiger partial charge in [-0.05, 0) is 13.0 Å². The fraction of sp³-hybridized carbons (Fsp3) is 0.500. The number of esters is 1. The van der Waals surface area contributed by atoms with Crippen LogP contribution in [0, 0.1) is 10.1 Å². The lowest BCUT2D eigenvalue weighted by Crippen LogP contribution is -2.08. The third-order valence-electron chi connectivity index (χ3n) is 2.88. The van der Waals surface area contributed by atoms with Gasteiger partial charge in [0.25, 0.3) is 5.69 Å². The maximum atomic E-state index is 11.0. The van der Waals surface area contributed by atoms with Crippen molar-refractivity contribution < 1.29 is 29.4 Å². The molecule has 1 atom stereocenters. The van der Waals surface area contributed by atoms with Gasteiger partial charge in [0, 0.05) is 18.9 Å². The Labute approximate surface area is 127 Å². The van der Waals surface area contributed by atoms with Crippen LogP contribution in [0.15, 0.2) is 12.1 Å². The van der Waals surface area contributed by atoms with Crippen molar-refractivity contribution in [3.05, 3.63) is 33.4 Å². The molecule has 22 heavy (non-hydrogen) atoms. The van der Waals surface area contributed by atoms with Crippen molar-refractivity contribution in [1.29, 1.82) is 0 Å². The van der Waals surface area contributed by atoms with Gasteiger partial charge in [0.15, 0.2) is 0 Å². The topological polar surface area (TPSA) is 119 Å². The molecule has 1 rings (SSSR count). The molecule has 0 fully saturated rings. The van der Waals surface area contributed by atoms with E-state index < -0.39 is 17.0 Å². The molecule has 0 aliphatic heterocycles. The van der Waals surface area contributed by atoms with Crippen molar-refractivity contribution in [2.24, 2.45) is 0 Å². The van der Waals surface area contributed by atoms with E-state index in [0.29, 0.717) is 12.0 Å². The Morgan fingerprint density at radius 3 is 2.59 bits per heavy atom. The van der Waals surface area contributed by atoms with Crippen LogP contribution in [0.25, 0.3) is 0 Å². The van der Waals surface area contributed by atoms with E-state index in [9.17, 15) is 25.1 Å². The summed E-state index contributed by atoms with van der Waals surface area (Å²) in [6, 6.07) is 2.53. The highest BCUT2D eigenvalue weighted by Crippen LogP contribution is 2.33. The molecule has 1 aromatic rings. The first kappa shape index (κ1) is 17.9. The summed E-state index contributed by atoms with van der Waals surface area (Å²) < 4.78 is 10.1. The number of rotatable bonds is 8. The molecule has 0 bridgehead atoms. The summed E-state index contributed by atoms with van der Waals surface area (Å²) in [5.74, 6) is -0.227. The van der Waals surface area contributed by atoms with Crippen LogP contribution in [0.5, 0.6) is 5.75 Å². The summed E-state index contributed by atoms with van der Waals surface area (Å²) >= 11 is 0. The number of hydrogen-bond acceptors (Lipinski definition) is 7. The number of benzene rings is 1. The fourth-order valence-corrected chi connectivity index (χ4v) is 1.84. The van der Waals surface area contributed by atoms with Gasteiger partial charge in [0.2, 0.25) is 0 Å². The van der Waals surface area contributed by atoms with Crippen molar-refractivity contribution in [3.63, 3.8) is 0 Å². The predicted molar refractivity (Wildman–Crippen MR) is 76.4 cm³/mol. The average molecular weight is 313 g/mol. The molecule has 0 amide bonds. The Morgan fingerprint density at radius 1 is 1.41 bits per heavy atom. The van der Waals surface area contributed by atoms with E-state index in [2.05, 4.69) is 0 Å².